The summed E-state index contributed by atoms with van der Waals surface area (Å²) in [7, 11) is 2.01. The Labute approximate surface area is 147 Å². The molecule has 3 nitrogen and oxygen atoms in total. The van der Waals surface area contributed by atoms with Gasteiger partial charge in [-0.15, -0.1) is 0 Å². The SMILES string of the molecule is CN(CCNC(=O)CCc1ccc(Cl)c(Cl)c1)c1ccccc1. The molecule has 1 N–H and O–H groups in total. The quantitative estimate of drug-likeness (QED) is 0.812. The van der Waals surface area contributed by atoms with Gasteiger partial charge in [-0.25, -0.2) is 0 Å². The van der Waals surface area contributed by atoms with Crippen LogP contribution in [0.25, 0.3) is 0 Å². The van der Waals surface area contributed by atoms with E-state index in [0.29, 0.717) is 29.4 Å². The van der Waals surface area contributed by atoms with Crippen LogP contribution in [0.1, 0.15) is 12.0 Å². The number of hydrogen-bond acceptors (Lipinski definition) is 2. The molecule has 0 heterocycles. The Kier molecular flexibility index (Phi) is 6.75. The van der Waals surface area contributed by atoms with Crippen molar-refractivity contribution in [3.8, 4) is 0 Å². The molecule has 0 fully saturated rings. The number of carbonyl (C=O) groups is 1. The molecular formula is C18H20Cl2N2O. The number of hydrogen-bond donors (Lipinski definition) is 1. The van der Waals surface area contributed by atoms with E-state index in [2.05, 4.69) is 10.2 Å². The van der Waals surface area contributed by atoms with E-state index in [-0.39, 0.29) is 5.91 Å². The van der Waals surface area contributed by atoms with Crippen molar-refractivity contribution in [1.29, 1.82) is 0 Å². The number of amides is 1. The Morgan fingerprint density at radius 3 is 2.52 bits per heavy atom. The molecule has 122 valence electrons. The number of rotatable bonds is 7. The first kappa shape index (κ1) is 17.6. The lowest BCUT2D eigenvalue weighted by Crippen LogP contribution is -2.33. The topological polar surface area (TPSA) is 32.3 Å². The number of para-hydroxylation sites is 1. The minimum atomic E-state index is 0.0394. The van der Waals surface area contributed by atoms with E-state index in [0.717, 1.165) is 17.8 Å². The molecule has 0 aromatic heterocycles. The Bertz CT molecular complexity index is 647. The Morgan fingerprint density at radius 1 is 1.09 bits per heavy atom. The molecule has 0 aliphatic rings. The smallest absolute Gasteiger partial charge is 0.220 e. The number of anilines is 1. The lowest BCUT2D eigenvalue weighted by molar-refractivity contribution is -0.120. The highest BCUT2D eigenvalue weighted by atomic mass is 35.5. The highest BCUT2D eigenvalue weighted by Crippen LogP contribution is 2.23. The molecule has 2 aromatic rings. The van der Waals surface area contributed by atoms with Crippen LogP contribution in [0.3, 0.4) is 0 Å². The molecule has 0 aliphatic carbocycles. The number of carbonyl (C=O) groups excluding carboxylic acids is 1. The van der Waals surface area contributed by atoms with Gasteiger partial charge in [-0.05, 0) is 36.2 Å². The highest BCUT2D eigenvalue weighted by molar-refractivity contribution is 6.42. The van der Waals surface area contributed by atoms with E-state index in [1.54, 1.807) is 12.1 Å². The number of likely N-dealkylation sites (N-methyl/N-ethyl adjacent to an activating group) is 1. The fourth-order valence-corrected chi connectivity index (χ4v) is 2.54. The normalized spacial score (nSPS) is 10.4. The van der Waals surface area contributed by atoms with Crippen molar-refractivity contribution in [1.82, 2.24) is 5.32 Å². The van der Waals surface area contributed by atoms with Crippen molar-refractivity contribution >= 4 is 34.8 Å². The zero-order valence-corrected chi connectivity index (χ0v) is 14.6. The minimum Gasteiger partial charge on any atom is -0.373 e. The van der Waals surface area contributed by atoms with E-state index < -0.39 is 0 Å². The molecule has 0 aliphatic heterocycles. The van der Waals surface area contributed by atoms with Crippen molar-refractivity contribution in [3.63, 3.8) is 0 Å². The van der Waals surface area contributed by atoms with Gasteiger partial charge < -0.3 is 10.2 Å². The zero-order valence-electron chi connectivity index (χ0n) is 13.1. The van der Waals surface area contributed by atoms with Gasteiger partial charge in [0.05, 0.1) is 10.0 Å². The van der Waals surface area contributed by atoms with Gasteiger partial charge in [0, 0.05) is 32.2 Å². The lowest BCUT2D eigenvalue weighted by Gasteiger charge is -2.19. The van der Waals surface area contributed by atoms with E-state index in [4.69, 9.17) is 23.2 Å². The molecule has 0 radical (unpaired) electrons. The molecule has 5 heteroatoms. The molecule has 1 amide bonds. The van der Waals surface area contributed by atoms with E-state index in [1.165, 1.54) is 0 Å². The highest BCUT2D eigenvalue weighted by Gasteiger charge is 2.05. The molecule has 0 saturated heterocycles. The van der Waals surface area contributed by atoms with Gasteiger partial charge in [0.1, 0.15) is 0 Å². The van der Waals surface area contributed by atoms with Crippen LogP contribution in [-0.4, -0.2) is 26.0 Å². The Balaban J connectivity index is 1.70. The first-order valence-corrected chi connectivity index (χ1v) is 8.28. The van der Waals surface area contributed by atoms with Crippen LogP contribution < -0.4 is 10.2 Å². The monoisotopic (exact) mass is 350 g/mol. The maximum Gasteiger partial charge on any atom is 0.220 e. The number of benzene rings is 2. The van der Waals surface area contributed by atoms with Crippen LogP contribution in [0.5, 0.6) is 0 Å². The third kappa shape index (κ3) is 5.77. The number of aryl methyl sites for hydroxylation is 1. The fraction of sp³-hybridized carbons (Fsp3) is 0.278. The fourth-order valence-electron chi connectivity index (χ4n) is 2.22. The van der Waals surface area contributed by atoms with Gasteiger partial charge in [-0.1, -0.05) is 47.5 Å². The molecule has 2 aromatic carbocycles. The molecule has 0 saturated carbocycles. The number of halogens is 2. The molecule has 0 atom stereocenters. The van der Waals surface area contributed by atoms with Crippen molar-refractivity contribution in [3.05, 3.63) is 64.1 Å². The summed E-state index contributed by atoms with van der Waals surface area (Å²) >= 11 is 11.8. The first-order chi connectivity index (χ1) is 11.1. The zero-order chi connectivity index (χ0) is 16.7. The summed E-state index contributed by atoms with van der Waals surface area (Å²) < 4.78 is 0. The van der Waals surface area contributed by atoms with E-state index in [9.17, 15) is 4.79 Å². The van der Waals surface area contributed by atoms with Crippen LogP contribution in [-0.2, 0) is 11.2 Å². The average Bonchev–Trinajstić information content (AvgIpc) is 2.56. The van der Waals surface area contributed by atoms with Gasteiger partial charge in [0.2, 0.25) is 5.91 Å². The third-order valence-corrected chi connectivity index (χ3v) is 4.33. The summed E-state index contributed by atoms with van der Waals surface area (Å²) in [5, 5.41) is 3.99. The van der Waals surface area contributed by atoms with Crippen molar-refractivity contribution in [2.24, 2.45) is 0 Å². The summed E-state index contributed by atoms with van der Waals surface area (Å²) in [6, 6.07) is 15.5. The van der Waals surface area contributed by atoms with Crippen LogP contribution in [0.4, 0.5) is 5.69 Å². The molecule has 0 bridgehead atoms. The van der Waals surface area contributed by atoms with Crippen LogP contribution in [0.2, 0.25) is 10.0 Å². The average molecular weight is 351 g/mol. The third-order valence-electron chi connectivity index (χ3n) is 3.59. The largest absolute Gasteiger partial charge is 0.373 e. The summed E-state index contributed by atoms with van der Waals surface area (Å²) in [5.74, 6) is 0.0394. The maximum atomic E-state index is 11.9. The molecule has 2 rings (SSSR count). The second kappa shape index (κ2) is 8.80. The van der Waals surface area contributed by atoms with Crippen LogP contribution >= 0.6 is 23.2 Å². The summed E-state index contributed by atoms with van der Waals surface area (Å²) in [5.41, 5.74) is 2.15. The van der Waals surface area contributed by atoms with Gasteiger partial charge >= 0.3 is 0 Å². The van der Waals surface area contributed by atoms with Crippen LogP contribution in [0, 0.1) is 0 Å². The number of nitrogens with zero attached hydrogens (tertiary/aromatic N) is 1. The predicted octanol–water partition coefficient (Wildman–Crippen LogP) is 4.18. The van der Waals surface area contributed by atoms with Gasteiger partial charge in [0.15, 0.2) is 0 Å². The molecule has 0 spiro atoms. The second-order valence-electron chi connectivity index (χ2n) is 5.36. The van der Waals surface area contributed by atoms with Crippen LogP contribution in [0.15, 0.2) is 48.5 Å². The predicted molar refractivity (Wildman–Crippen MR) is 97.5 cm³/mol. The van der Waals surface area contributed by atoms with Gasteiger partial charge in [0.25, 0.3) is 0 Å². The number of nitrogens with one attached hydrogen (secondary N) is 1. The van der Waals surface area contributed by atoms with E-state index in [1.807, 2.05) is 43.4 Å². The van der Waals surface area contributed by atoms with Crippen molar-refractivity contribution in [2.45, 2.75) is 12.8 Å². The summed E-state index contributed by atoms with van der Waals surface area (Å²) in [4.78, 5) is 14.0. The van der Waals surface area contributed by atoms with Crippen molar-refractivity contribution < 1.29 is 4.79 Å². The Hall–Kier alpha value is -1.71. The summed E-state index contributed by atoms with van der Waals surface area (Å²) in [6.07, 6.45) is 1.09. The lowest BCUT2D eigenvalue weighted by atomic mass is 10.1. The molecule has 23 heavy (non-hydrogen) atoms. The molecular weight excluding hydrogens is 331 g/mol. The molecule has 0 unspecified atom stereocenters. The van der Waals surface area contributed by atoms with E-state index >= 15 is 0 Å². The Morgan fingerprint density at radius 2 is 1.83 bits per heavy atom. The van der Waals surface area contributed by atoms with Crippen molar-refractivity contribution in [2.75, 3.05) is 25.0 Å². The van der Waals surface area contributed by atoms with Gasteiger partial charge in [-0.2, -0.15) is 0 Å². The second-order valence-corrected chi connectivity index (χ2v) is 6.17. The minimum absolute atomic E-state index is 0.0394. The standard InChI is InChI=1S/C18H20Cl2N2O/c1-22(15-5-3-2-4-6-15)12-11-21-18(23)10-8-14-7-9-16(19)17(20)13-14/h2-7,9,13H,8,10-12H2,1H3,(H,21,23). The first-order valence-electron chi connectivity index (χ1n) is 7.53. The summed E-state index contributed by atoms with van der Waals surface area (Å²) in [6.45, 7) is 1.38. The maximum absolute atomic E-state index is 11.9. The van der Waals surface area contributed by atoms with Gasteiger partial charge in [-0.3, -0.25) is 4.79 Å².